The molecule has 2 aliphatic heterocycles. The average molecular weight is 378 g/mol. The van der Waals surface area contributed by atoms with Crippen LogP contribution in [0.3, 0.4) is 0 Å². The van der Waals surface area contributed by atoms with Crippen LogP contribution in [0.4, 0.5) is 10.1 Å². The molecule has 0 bridgehead atoms. The molecule has 0 saturated carbocycles. The van der Waals surface area contributed by atoms with E-state index in [1.165, 1.54) is 6.07 Å². The highest BCUT2D eigenvalue weighted by Gasteiger charge is 2.45. The Morgan fingerprint density at radius 1 is 1.29 bits per heavy atom. The fourth-order valence-corrected chi connectivity index (χ4v) is 4.33. The van der Waals surface area contributed by atoms with Crippen LogP contribution >= 0.6 is 0 Å². The van der Waals surface area contributed by atoms with Gasteiger partial charge < -0.3 is 15.3 Å². The summed E-state index contributed by atoms with van der Waals surface area (Å²) in [6.45, 7) is 2.60. The van der Waals surface area contributed by atoms with Crippen LogP contribution in [0.5, 0.6) is 0 Å². The van der Waals surface area contributed by atoms with Gasteiger partial charge in [0.25, 0.3) is 0 Å². The maximum Gasteiger partial charge on any atom is 0.222 e. The average Bonchev–Trinajstić information content (AvgIpc) is 3.17. The van der Waals surface area contributed by atoms with Gasteiger partial charge in [-0.3, -0.25) is 4.79 Å². The van der Waals surface area contributed by atoms with Gasteiger partial charge in [-0.15, -0.1) is 0 Å². The number of nitrogens with zero attached hydrogens (tertiary/aromatic N) is 1. The number of halogens is 1. The predicted octanol–water partition coefficient (Wildman–Crippen LogP) is 3.31. The number of nitrogens with one attached hydrogen (secondary N) is 1. The molecule has 28 heavy (non-hydrogen) atoms. The fraction of sp³-hybridized carbons (Fsp3) is 0.348. The van der Waals surface area contributed by atoms with Gasteiger partial charge in [-0.2, -0.15) is 0 Å². The van der Waals surface area contributed by atoms with Crippen LogP contribution in [-0.2, 0) is 4.79 Å². The summed E-state index contributed by atoms with van der Waals surface area (Å²) in [7, 11) is 0. The van der Waals surface area contributed by atoms with Crippen molar-refractivity contribution >= 4 is 11.6 Å². The molecule has 4 nitrogen and oxygen atoms in total. The summed E-state index contributed by atoms with van der Waals surface area (Å²) in [5.41, 5.74) is 3.09. The number of carbonyl (C=O) groups excluding carboxylic acids is 1. The number of carbonyl (C=O) groups is 1. The summed E-state index contributed by atoms with van der Waals surface area (Å²) in [4.78, 5) is 14.4. The summed E-state index contributed by atoms with van der Waals surface area (Å²) < 4.78 is 13.8. The number of rotatable bonds is 2. The van der Waals surface area contributed by atoms with Crippen molar-refractivity contribution in [1.82, 2.24) is 4.90 Å². The monoisotopic (exact) mass is 378 g/mol. The van der Waals surface area contributed by atoms with Crippen molar-refractivity contribution in [2.75, 3.05) is 18.5 Å². The van der Waals surface area contributed by atoms with Gasteiger partial charge in [0.05, 0.1) is 24.3 Å². The highest BCUT2D eigenvalue weighted by Crippen LogP contribution is 2.46. The zero-order chi connectivity index (χ0) is 19.7. The van der Waals surface area contributed by atoms with Gasteiger partial charge in [-0.1, -0.05) is 30.9 Å². The highest BCUT2D eigenvalue weighted by molar-refractivity contribution is 5.77. The molecule has 144 valence electrons. The van der Waals surface area contributed by atoms with Crippen LogP contribution < -0.4 is 5.32 Å². The van der Waals surface area contributed by atoms with Crippen molar-refractivity contribution in [3.8, 4) is 11.8 Å². The van der Waals surface area contributed by atoms with E-state index in [0.29, 0.717) is 18.5 Å². The molecule has 0 spiro atoms. The van der Waals surface area contributed by atoms with E-state index >= 15 is 0 Å². The number of benzene rings is 2. The van der Waals surface area contributed by atoms with Gasteiger partial charge in [-0.25, -0.2) is 4.39 Å². The van der Waals surface area contributed by atoms with E-state index < -0.39 is 0 Å². The molecule has 0 aliphatic carbocycles. The third-order valence-electron chi connectivity index (χ3n) is 5.71. The Kier molecular flexibility index (Phi) is 5.06. The van der Waals surface area contributed by atoms with E-state index in [9.17, 15) is 14.3 Å². The van der Waals surface area contributed by atoms with Gasteiger partial charge in [0, 0.05) is 30.1 Å². The first-order valence-electron chi connectivity index (χ1n) is 9.69. The molecular formula is C23H23FN2O2. The molecule has 4 rings (SSSR count). The lowest BCUT2D eigenvalue weighted by molar-refractivity contribution is -0.132. The molecule has 5 heteroatoms. The standard InChI is InChI=1S/C23H23FN2O2/c1-2-22(28)26-12-11-17-21(14-27)25-20-10-8-15(13-18(20)23(17)26)7-9-16-5-3-4-6-19(16)24/h3-6,8,10,13,17,21,23,25,27H,2,11-12,14H2,1H3/t17-,21+,23-/m0/s1. The molecule has 2 aromatic carbocycles. The van der Waals surface area contributed by atoms with Gasteiger partial charge in [0.15, 0.2) is 0 Å². The molecule has 1 fully saturated rings. The molecule has 0 aromatic heterocycles. The maximum absolute atomic E-state index is 13.8. The lowest BCUT2D eigenvalue weighted by Gasteiger charge is -2.39. The normalized spacial score (nSPS) is 22.5. The summed E-state index contributed by atoms with van der Waals surface area (Å²) in [6.07, 6.45) is 1.32. The number of aliphatic hydroxyl groups is 1. The Hall–Kier alpha value is -2.84. The first kappa shape index (κ1) is 18.5. The van der Waals surface area contributed by atoms with E-state index in [4.69, 9.17) is 0 Å². The Morgan fingerprint density at radius 2 is 2.11 bits per heavy atom. The molecule has 0 unspecified atom stereocenters. The summed E-state index contributed by atoms with van der Waals surface area (Å²) >= 11 is 0. The van der Waals surface area contributed by atoms with E-state index in [1.807, 2.05) is 30.0 Å². The molecule has 1 saturated heterocycles. The number of amides is 1. The minimum Gasteiger partial charge on any atom is -0.394 e. The zero-order valence-corrected chi connectivity index (χ0v) is 15.8. The first-order valence-corrected chi connectivity index (χ1v) is 9.69. The van der Waals surface area contributed by atoms with Crippen LogP contribution in [0.15, 0.2) is 42.5 Å². The van der Waals surface area contributed by atoms with Crippen molar-refractivity contribution in [2.45, 2.75) is 31.8 Å². The van der Waals surface area contributed by atoms with Gasteiger partial charge in [-0.05, 0) is 42.3 Å². The van der Waals surface area contributed by atoms with Crippen molar-refractivity contribution in [1.29, 1.82) is 0 Å². The smallest absolute Gasteiger partial charge is 0.222 e. The number of fused-ring (bicyclic) bond motifs is 3. The second-order valence-corrected chi connectivity index (χ2v) is 7.30. The summed E-state index contributed by atoms with van der Waals surface area (Å²) in [6, 6.07) is 12.1. The fourth-order valence-electron chi connectivity index (χ4n) is 4.33. The molecule has 2 aliphatic rings. The Morgan fingerprint density at radius 3 is 2.86 bits per heavy atom. The van der Waals surface area contributed by atoms with Gasteiger partial charge >= 0.3 is 0 Å². The number of aliphatic hydroxyl groups excluding tert-OH is 1. The Balaban J connectivity index is 1.72. The predicted molar refractivity (Wildman–Crippen MR) is 106 cm³/mol. The van der Waals surface area contributed by atoms with Crippen molar-refractivity contribution in [3.05, 3.63) is 65.0 Å². The topological polar surface area (TPSA) is 52.6 Å². The Bertz CT molecular complexity index is 963. The van der Waals surface area contributed by atoms with Crippen LogP contribution in [0.1, 0.15) is 42.5 Å². The lowest BCUT2D eigenvalue weighted by atomic mass is 9.82. The zero-order valence-electron chi connectivity index (χ0n) is 15.8. The minimum atomic E-state index is -0.337. The lowest BCUT2D eigenvalue weighted by Crippen LogP contribution is -2.42. The van der Waals surface area contributed by atoms with Crippen molar-refractivity contribution in [3.63, 3.8) is 0 Å². The third kappa shape index (κ3) is 3.25. The molecule has 2 aromatic rings. The van der Waals surface area contributed by atoms with E-state index in [-0.39, 0.29) is 36.3 Å². The SMILES string of the molecule is CCC(=O)N1CC[C@@H]2[C@H]1c1cc(C#Cc3ccccc3F)ccc1N[C@@H]2CO. The highest BCUT2D eigenvalue weighted by atomic mass is 19.1. The van der Waals surface area contributed by atoms with Gasteiger partial charge in [0.2, 0.25) is 5.91 Å². The van der Waals surface area contributed by atoms with Crippen LogP contribution in [0, 0.1) is 23.6 Å². The largest absolute Gasteiger partial charge is 0.394 e. The molecule has 2 N–H and O–H groups in total. The summed E-state index contributed by atoms with van der Waals surface area (Å²) in [5.74, 6) is 5.90. The van der Waals surface area contributed by atoms with Crippen LogP contribution in [0.25, 0.3) is 0 Å². The van der Waals surface area contributed by atoms with Gasteiger partial charge in [0.1, 0.15) is 5.82 Å². The molecule has 0 radical (unpaired) electrons. The van der Waals surface area contributed by atoms with Crippen molar-refractivity contribution < 1.29 is 14.3 Å². The third-order valence-corrected chi connectivity index (χ3v) is 5.71. The maximum atomic E-state index is 13.8. The number of likely N-dealkylation sites (tertiary alicyclic amines) is 1. The minimum absolute atomic E-state index is 0.0314. The van der Waals surface area contributed by atoms with E-state index in [2.05, 4.69) is 17.2 Å². The molecule has 2 heterocycles. The molecule has 3 atom stereocenters. The first-order chi connectivity index (χ1) is 13.6. The second kappa shape index (κ2) is 7.65. The molecule has 1 amide bonds. The van der Waals surface area contributed by atoms with Crippen molar-refractivity contribution in [2.24, 2.45) is 5.92 Å². The number of hydrogen-bond acceptors (Lipinski definition) is 3. The van der Waals surface area contributed by atoms with E-state index in [0.717, 1.165) is 23.2 Å². The Labute approximate surface area is 164 Å². The quantitative estimate of drug-likeness (QED) is 0.789. The number of anilines is 1. The van der Waals surface area contributed by atoms with Crippen LogP contribution in [-0.4, -0.2) is 35.1 Å². The van der Waals surface area contributed by atoms with E-state index in [1.54, 1.807) is 18.2 Å². The van der Waals surface area contributed by atoms with Crippen LogP contribution in [0.2, 0.25) is 0 Å². The number of hydrogen-bond donors (Lipinski definition) is 2. The molecular weight excluding hydrogens is 355 g/mol. The second-order valence-electron chi connectivity index (χ2n) is 7.30. The summed E-state index contributed by atoms with van der Waals surface area (Å²) in [5, 5.41) is 13.2.